The van der Waals surface area contributed by atoms with E-state index in [1.165, 1.54) is 6.07 Å². The fraction of sp³-hybridized carbons (Fsp3) is 0.333. The summed E-state index contributed by atoms with van der Waals surface area (Å²) in [6, 6.07) is 6.72. The van der Waals surface area contributed by atoms with Crippen molar-refractivity contribution in [1.82, 2.24) is 9.97 Å². The lowest BCUT2D eigenvalue weighted by atomic mass is 10.2. The summed E-state index contributed by atoms with van der Waals surface area (Å²) in [5, 5.41) is 6.21. The van der Waals surface area contributed by atoms with Crippen molar-refractivity contribution in [3.05, 3.63) is 41.5 Å². The first-order chi connectivity index (χ1) is 9.58. The molecule has 1 heterocycles. The van der Waals surface area contributed by atoms with Crippen molar-refractivity contribution in [1.29, 1.82) is 0 Å². The summed E-state index contributed by atoms with van der Waals surface area (Å²) in [4.78, 5) is 8.58. The SMILES string of the molecule is CCCNc1cc(Nc2cc(C)ccc2F)nc(C)n1. The summed E-state index contributed by atoms with van der Waals surface area (Å²) < 4.78 is 13.7. The van der Waals surface area contributed by atoms with Crippen LogP contribution in [0, 0.1) is 19.7 Å². The zero-order valence-electron chi connectivity index (χ0n) is 12.0. The van der Waals surface area contributed by atoms with E-state index in [-0.39, 0.29) is 5.82 Å². The Labute approximate surface area is 118 Å². The van der Waals surface area contributed by atoms with Crippen LogP contribution in [0.4, 0.5) is 21.7 Å². The van der Waals surface area contributed by atoms with Gasteiger partial charge in [0.1, 0.15) is 23.3 Å². The molecule has 0 bridgehead atoms. The average molecular weight is 274 g/mol. The molecule has 0 aliphatic carbocycles. The van der Waals surface area contributed by atoms with Gasteiger partial charge in [-0.1, -0.05) is 13.0 Å². The number of hydrogen-bond acceptors (Lipinski definition) is 4. The second-order valence-electron chi connectivity index (χ2n) is 4.72. The molecule has 106 valence electrons. The van der Waals surface area contributed by atoms with Crippen LogP contribution < -0.4 is 10.6 Å². The highest BCUT2D eigenvalue weighted by atomic mass is 19.1. The Morgan fingerprint density at radius 1 is 1.10 bits per heavy atom. The molecule has 1 aromatic carbocycles. The van der Waals surface area contributed by atoms with Crippen LogP contribution >= 0.6 is 0 Å². The number of anilines is 3. The Hall–Kier alpha value is -2.17. The summed E-state index contributed by atoms with van der Waals surface area (Å²) in [7, 11) is 0. The highest BCUT2D eigenvalue weighted by molar-refractivity contribution is 5.60. The second-order valence-corrected chi connectivity index (χ2v) is 4.72. The van der Waals surface area contributed by atoms with Gasteiger partial charge in [-0.25, -0.2) is 14.4 Å². The summed E-state index contributed by atoms with van der Waals surface area (Å²) in [5.74, 6) is 1.67. The molecule has 4 nitrogen and oxygen atoms in total. The minimum atomic E-state index is -0.296. The third-order valence-corrected chi connectivity index (χ3v) is 2.78. The lowest BCUT2D eigenvalue weighted by Gasteiger charge is -2.10. The lowest BCUT2D eigenvalue weighted by Crippen LogP contribution is -2.06. The molecule has 0 radical (unpaired) electrons. The van der Waals surface area contributed by atoms with Gasteiger partial charge in [0.25, 0.3) is 0 Å². The zero-order chi connectivity index (χ0) is 14.5. The van der Waals surface area contributed by atoms with Crippen molar-refractivity contribution in [2.75, 3.05) is 17.2 Å². The highest BCUT2D eigenvalue weighted by Gasteiger charge is 2.06. The second kappa shape index (κ2) is 6.32. The third-order valence-electron chi connectivity index (χ3n) is 2.78. The van der Waals surface area contributed by atoms with Crippen LogP contribution in [-0.2, 0) is 0 Å². The van der Waals surface area contributed by atoms with Crippen molar-refractivity contribution in [3.63, 3.8) is 0 Å². The molecule has 0 spiro atoms. The number of aryl methyl sites for hydroxylation is 2. The fourth-order valence-corrected chi connectivity index (χ4v) is 1.85. The molecule has 20 heavy (non-hydrogen) atoms. The first-order valence-corrected chi connectivity index (χ1v) is 6.71. The molecule has 1 aromatic heterocycles. The van der Waals surface area contributed by atoms with Crippen molar-refractivity contribution < 1.29 is 4.39 Å². The normalized spacial score (nSPS) is 10.4. The summed E-state index contributed by atoms with van der Waals surface area (Å²) in [6.45, 7) is 6.66. The number of halogens is 1. The van der Waals surface area contributed by atoms with Gasteiger partial charge in [0.05, 0.1) is 5.69 Å². The van der Waals surface area contributed by atoms with Crippen LogP contribution in [0.1, 0.15) is 24.7 Å². The van der Waals surface area contributed by atoms with Crippen LogP contribution in [0.2, 0.25) is 0 Å². The summed E-state index contributed by atoms with van der Waals surface area (Å²) in [6.07, 6.45) is 1.01. The first-order valence-electron chi connectivity index (χ1n) is 6.71. The van der Waals surface area contributed by atoms with Crippen molar-refractivity contribution >= 4 is 17.3 Å². The topological polar surface area (TPSA) is 49.8 Å². The van der Waals surface area contributed by atoms with Gasteiger partial charge in [0.15, 0.2) is 0 Å². The molecular formula is C15H19FN4. The monoisotopic (exact) mass is 274 g/mol. The number of rotatable bonds is 5. The lowest BCUT2D eigenvalue weighted by molar-refractivity contribution is 0.631. The highest BCUT2D eigenvalue weighted by Crippen LogP contribution is 2.21. The standard InChI is InChI=1S/C15H19FN4/c1-4-7-17-14-9-15(19-11(3)18-14)20-13-8-10(2)5-6-12(13)16/h5-6,8-9H,4,7H2,1-3H3,(H2,17,18,19,20). The van der Waals surface area contributed by atoms with Crippen LogP contribution in [-0.4, -0.2) is 16.5 Å². The van der Waals surface area contributed by atoms with Crippen molar-refractivity contribution in [2.24, 2.45) is 0 Å². The Balaban J connectivity index is 2.24. The molecule has 2 rings (SSSR count). The summed E-state index contributed by atoms with van der Waals surface area (Å²) >= 11 is 0. The van der Waals surface area contributed by atoms with Gasteiger partial charge in [-0.15, -0.1) is 0 Å². The van der Waals surface area contributed by atoms with Gasteiger partial charge in [-0.3, -0.25) is 0 Å². The van der Waals surface area contributed by atoms with Crippen LogP contribution in [0.25, 0.3) is 0 Å². The van der Waals surface area contributed by atoms with E-state index in [1.54, 1.807) is 18.2 Å². The van der Waals surface area contributed by atoms with Crippen LogP contribution in [0.15, 0.2) is 24.3 Å². The van der Waals surface area contributed by atoms with Gasteiger partial charge >= 0.3 is 0 Å². The number of benzene rings is 1. The molecule has 0 saturated heterocycles. The fourth-order valence-electron chi connectivity index (χ4n) is 1.85. The Kier molecular flexibility index (Phi) is 4.50. The molecule has 0 unspecified atom stereocenters. The predicted molar refractivity (Wildman–Crippen MR) is 80.0 cm³/mol. The largest absolute Gasteiger partial charge is 0.370 e. The maximum Gasteiger partial charge on any atom is 0.146 e. The van der Waals surface area contributed by atoms with E-state index in [2.05, 4.69) is 27.5 Å². The number of aromatic nitrogens is 2. The molecule has 0 aliphatic rings. The smallest absolute Gasteiger partial charge is 0.146 e. The van der Waals surface area contributed by atoms with Gasteiger partial charge < -0.3 is 10.6 Å². The van der Waals surface area contributed by atoms with E-state index in [0.29, 0.717) is 17.3 Å². The van der Waals surface area contributed by atoms with E-state index in [9.17, 15) is 4.39 Å². The average Bonchev–Trinajstić information content (AvgIpc) is 2.40. The van der Waals surface area contributed by atoms with E-state index < -0.39 is 0 Å². The van der Waals surface area contributed by atoms with E-state index in [1.807, 2.05) is 13.8 Å². The molecule has 0 amide bonds. The van der Waals surface area contributed by atoms with Gasteiger partial charge in [-0.2, -0.15) is 0 Å². The third kappa shape index (κ3) is 3.66. The number of nitrogens with zero attached hydrogens (tertiary/aromatic N) is 2. The summed E-state index contributed by atoms with van der Waals surface area (Å²) in [5.41, 5.74) is 1.41. The molecule has 2 N–H and O–H groups in total. The first kappa shape index (κ1) is 14.2. The van der Waals surface area contributed by atoms with E-state index >= 15 is 0 Å². The molecular weight excluding hydrogens is 255 g/mol. The molecule has 5 heteroatoms. The number of nitrogens with one attached hydrogen (secondary N) is 2. The molecule has 0 aliphatic heterocycles. The molecule has 0 saturated carbocycles. The molecule has 2 aromatic rings. The van der Waals surface area contributed by atoms with E-state index in [0.717, 1.165) is 24.3 Å². The molecule has 0 atom stereocenters. The Morgan fingerprint density at radius 2 is 1.85 bits per heavy atom. The van der Waals surface area contributed by atoms with Crippen molar-refractivity contribution in [3.8, 4) is 0 Å². The van der Waals surface area contributed by atoms with Crippen molar-refractivity contribution in [2.45, 2.75) is 27.2 Å². The zero-order valence-corrected chi connectivity index (χ0v) is 12.0. The maximum absolute atomic E-state index is 13.7. The predicted octanol–water partition coefficient (Wildman–Crippen LogP) is 3.80. The number of hydrogen-bond donors (Lipinski definition) is 2. The minimum Gasteiger partial charge on any atom is -0.370 e. The van der Waals surface area contributed by atoms with Gasteiger partial charge in [-0.05, 0) is 38.0 Å². The van der Waals surface area contributed by atoms with Crippen LogP contribution in [0.5, 0.6) is 0 Å². The van der Waals surface area contributed by atoms with Crippen LogP contribution in [0.3, 0.4) is 0 Å². The minimum absolute atomic E-state index is 0.296. The Bertz CT molecular complexity index is 598. The quantitative estimate of drug-likeness (QED) is 0.870. The maximum atomic E-state index is 13.7. The van der Waals surface area contributed by atoms with E-state index in [4.69, 9.17) is 0 Å². The van der Waals surface area contributed by atoms with Gasteiger partial charge in [0, 0.05) is 12.6 Å². The molecule has 0 fully saturated rings. The van der Waals surface area contributed by atoms with Gasteiger partial charge in [0.2, 0.25) is 0 Å². The Morgan fingerprint density at radius 3 is 2.60 bits per heavy atom.